The molecule has 0 unspecified atom stereocenters. The maximum absolute atomic E-state index is 12.4. The van der Waals surface area contributed by atoms with Crippen molar-refractivity contribution in [2.75, 3.05) is 39.8 Å². The zero-order chi connectivity index (χ0) is 17.6. The molecule has 0 aromatic heterocycles. The normalized spacial score (nSPS) is 16.4. The van der Waals surface area contributed by atoms with Crippen LogP contribution in [0.2, 0.25) is 0 Å². The lowest BCUT2D eigenvalue weighted by Gasteiger charge is -2.31. The molecule has 1 saturated heterocycles. The molecule has 5 heteroatoms. The lowest BCUT2D eigenvalue weighted by Crippen LogP contribution is -2.46. The third kappa shape index (κ3) is 4.75. The first-order valence-corrected chi connectivity index (χ1v) is 8.48. The number of phenolic OH excluding ortho intramolecular Hbond substituents is 1. The number of aromatic hydroxyl groups is 1. The van der Waals surface area contributed by atoms with Crippen LogP contribution in [0, 0.1) is 0 Å². The molecule has 1 N–H and O–H groups in total. The Balaban J connectivity index is 1.60. The Morgan fingerprint density at radius 2 is 1.76 bits per heavy atom. The van der Waals surface area contributed by atoms with E-state index in [1.807, 2.05) is 30.3 Å². The summed E-state index contributed by atoms with van der Waals surface area (Å²) >= 11 is 0. The Bertz CT molecular complexity index is 748. The zero-order valence-corrected chi connectivity index (χ0v) is 14.4. The van der Waals surface area contributed by atoms with Gasteiger partial charge in [0, 0.05) is 43.5 Å². The van der Waals surface area contributed by atoms with Crippen molar-refractivity contribution in [3.05, 3.63) is 59.7 Å². The minimum atomic E-state index is 0.140. The van der Waals surface area contributed by atoms with Crippen LogP contribution in [0.3, 0.4) is 0 Å². The van der Waals surface area contributed by atoms with E-state index in [0.29, 0.717) is 17.7 Å². The third-order valence-electron chi connectivity index (χ3n) is 4.44. The fraction of sp³-hybridized carbons (Fsp3) is 0.300. The van der Waals surface area contributed by atoms with Gasteiger partial charge in [-0.25, -0.2) is 0 Å². The van der Waals surface area contributed by atoms with Gasteiger partial charge in [0.05, 0.1) is 12.2 Å². The summed E-state index contributed by atoms with van der Waals surface area (Å²) in [4.78, 5) is 21.2. The molecule has 130 valence electrons. The fourth-order valence-corrected chi connectivity index (χ4v) is 2.77. The predicted molar refractivity (Wildman–Crippen MR) is 100 cm³/mol. The Labute approximate surface area is 148 Å². The van der Waals surface area contributed by atoms with Crippen molar-refractivity contribution in [2.45, 2.75) is 0 Å². The minimum Gasteiger partial charge on any atom is -0.507 e. The molecule has 0 aliphatic carbocycles. The summed E-state index contributed by atoms with van der Waals surface area (Å²) in [7, 11) is 2.10. The number of nitrogens with zero attached hydrogens (tertiary/aromatic N) is 3. The van der Waals surface area contributed by atoms with Gasteiger partial charge in [-0.2, -0.15) is 0 Å². The Kier molecular flexibility index (Phi) is 5.58. The lowest BCUT2D eigenvalue weighted by atomic mass is 10.1. The maximum atomic E-state index is 12.4. The second kappa shape index (κ2) is 8.05. The minimum absolute atomic E-state index is 0.140. The molecule has 2 aromatic rings. The SMILES string of the molecule is CN1CCN(CC(=O)c2ccc(N=Cc3ccccc3O)cc2)CC1. The van der Waals surface area contributed by atoms with Gasteiger partial charge in [0.25, 0.3) is 0 Å². The van der Waals surface area contributed by atoms with Crippen LogP contribution < -0.4 is 0 Å². The van der Waals surface area contributed by atoms with Crippen LogP contribution in [0.15, 0.2) is 53.5 Å². The van der Waals surface area contributed by atoms with Crippen molar-refractivity contribution in [3.8, 4) is 5.75 Å². The first-order valence-electron chi connectivity index (χ1n) is 8.48. The number of hydrogen-bond acceptors (Lipinski definition) is 5. The molecule has 0 amide bonds. The van der Waals surface area contributed by atoms with E-state index >= 15 is 0 Å². The molecule has 0 atom stereocenters. The number of piperazine rings is 1. The van der Waals surface area contributed by atoms with Crippen LogP contribution in [-0.2, 0) is 0 Å². The van der Waals surface area contributed by atoms with E-state index < -0.39 is 0 Å². The molecule has 0 bridgehead atoms. The summed E-state index contributed by atoms with van der Waals surface area (Å²) in [5.74, 6) is 0.339. The van der Waals surface area contributed by atoms with E-state index in [1.165, 1.54) is 0 Å². The van der Waals surface area contributed by atoms with Gasteiger partial charge in [-0.05, 0) is 43.4 Å². The van der Waals surface area contributed by atoms with Crippen LogP contribution >= 0.6 is 0 Å². The highest BCUT2D eigenvalue weighted by atomic mass is 16.3. The lowest BCUT2D eigenvalue weighted by molar-refractivity contribution is 0.0876. The standard InChI is InChI=1S/C20H23N3O2/c1-22-10-12-23(13-11-22)15-20(25)16-6-8-18(9-7-16)21-14-17-4-2-3-5-19(17)24/h2-9,14,24H,10-13,15H2,1H3. The highest BCUT2D eigenvalue weighted by molar-refractivity contribution is 5.98. The molecule has 0 radical (unpaired) electrons. The van der Waals surface area contributed by atoms with Crippen LogP contribution in [0.25, 0.3) is 0 Å². The smallest absolute Gasteiger partial charge is 0.176 e. The van der Waals surface area contributed by atoms with Gasteiger partial charge in [-0.3, -0.25) is 14.7 Å². The van der Waals surface area contributed by atoms with Crippen LogP contribution in [0.4, 0.5) is 5.69 Å². The molecule has 1 heterocycles. The van der Waals surface area contributed by atoms with E-state index in [2.05, 4.69) is 21.8 Å². The number of rotatable bonds is 5. The van der Waals surface area contributed by atoms with E-state index in [0.717, 1.165) is 31.9 Å². The fourth-order valence-electron chi connectivity index (χ4n) is 2.77. The molecular formula is C20H23N3O2. The van der Waals surface area contributed by atoms with Gasteiger partial charge in [0.2, 0.25) is 0 Å². The highest BCUT2D eigenvalue weighted by Crippen LogP contribution is 2.17. The second-order valence-electron chi connectivity index (χ2n) is 6.37. The van der Waals surface area contributed by atoms with Crippen molar-refractivity contribution in [2.24, 2.45) is 4.99 Å². The highest BCUT2D eigenvalue weighted by Gasteiger charge is 2.17. The molecule has 0 spiro atoms. The predicted octanol–water partition coefficient (Wildman–Crippen LogP) is 2.57. The van der Waals surface area contributed by atoms with Gasteiger partial charge >= 0.3 is 0 Å². The average Bonchev–Trinajstić information content (AvgIpc) is 2.63. The number of phenols is 1. The molecule has 3 rings (SSSR count). The number of benzene rings is 2. The van der Waals surface area contributed by atoms with Gasteiger partial charge in [-0.1, -0.05) is 12.1 Å². The molecule has 1 aliphatic heterocycles. The van der Waals surface area contributed by atoms with Gasteiger partial charge in [0.15, 0.2) is 5.78 Å². The van der Waals surface area contributed by atoms with Crippen LogP contribution in [0.5, 0.6) is 5.75 Å². The molecule has 5 nitrogen and oxygen atoms in total. The molecular weight excluding hydrogens is 314 g/mol. The largest absolute Gasteiger partial charge is 0.507 e. The second-order valence-corrected chi connectivity index (χ2v) is 6.37. The number of likely N-dealkylation sites (N-methyl/N-ethyl adjacent to an activating group) is 1. The van der Waals surface area contributed by atoms with E-state index in [1.54, 1.807) is 24.4 Å². The monoisotopic (exact) mass is 337 g/mol. The van der Waals surface area contributed by atoms with Crippen molar-refractivity contribution in [1.29, 1.82) is 0 Å². The van der Waals surface area contributed by atoms with Crippen molar-refractivity contribution in [3.63, 3.8) is 0 Å². The van der Waals surface area contributed by atoms with E-state index in [4.69, 9.17) is 0 Å². The average molecular weight is 337 g/mol. The number of carbonyl (C=O) groups excluding carboxylic acids is 1. The number of carbonyl (C=O) groups is 1. The Hall–Kier alpha value is -2.50. The molecule has 0 saturated carbocycles. The Morgan fingerprint density at radius 1 is 1.08 bits per heavy atom. The number of Topliss-reactive ketones (excluding diaryl/α,β-unsaturated/α-hetero) is 1. The summed E-state index contributed by atoms with van der Waals surface area (Å²) in [5.41, 5.74) is 2.12. The number of hydrogen-bond donors (Lipinski definition) is 1. The van der Waals surface area contributed by atoms with Crippen molar-refractivity contribution in [1.82, 2.24) is 9.80 Å². The first-order chi connectivity index (χ1) is 12.1. The van der Waals surface area contributed by atoms with Gasteiger partial charge in [0.1, 0.15) is 5.75 Å². The third-order valence-corrected chi connectivity index (χ3v) is 4.44. The Morgan fingerprint density at radius 3 is 2.44 bits per heavy atom. The summed E-state index contributed by atoms with van der Waals surface area (Å²) in [6, 6.07) is 14.3. The quantitative estimate of drug-likeness (QED) is 0.673. The molecule has 1 fully saturated rings. The number of para-hydroxylation sites is 1. The van der Waals surface area contributed by atoms with Crippen molar-refractivity contribution >= 4 is 17.7 Å². The first kappa shape index (κ1) is 17.3. The van der Waals surface area contributed by atoms with E-state index in [-0.39, 0.29) is 11.5 Å². The summed E-state index contributed by atoms with van der Waals surface area (Å²) < 4.78 is 0. The van der Waals surface area contributed by atoms with E-state index in [9.17, 15) is 9.90 Å². The molecule has 2 aromatic carbocycles. The van der Waals surface area contributed by atoms with Gasteiger partial charge < -0.3 is 10.0 Å². The molecule has 25 heavy (non-hydrogen) atoms. The van der Waals surface area contributed by atoms with Gasteiger partial charge in [-0.15, -0.1) is 0 Å². The summed E-state index contributed by atoms with van der Waals surface area (Å²) in [6.45, 7) is 4.35. The van der Waals surface area contributed by atoms with Crippen LogP contribution in [-0.4, -0.2) is 66.7 Å². The number of ketones is 1. The maximum Gasteiger partial charge on any atom is 0.176 e. The van der Waals surface area contributed by atoms with Crippen molar-refractivity contribution < 1.29 is 9.90 Å². The summed E-state index contributed by atoms with van der Waals surface area (Å²) in [6.07, 6.45) is 1.62. The van der Waals surface area contributed by atoms with Crippen LogP contribution in [0.1, 0.15) is 15.9 Å². The molecule has 1 aliphatic rings. The number of aliphatic imine (C=N–C) groups is 1. The topological polar surface area (TPSA) is 56.1 Å². The summed E-state index contributed by atoms with van der Waals surface area (Å²) in [5, 5.41) is 9.73. The zero-order valence-electron chi connectivity index (χ0n) is 14.4.